The van der Waals surface area contributed by atoms with Gasteiger partial charge in [0.05, 0.1) is 5.52 Å². The van der Waals surface area contributed by atoms with Gasteiger partial charge < -0.3 is 0 Å². The number of Topliss-reactive ketones (excluding diaryl/α,β-unsaturated/α-hetero) is 1. The Morgan fingerprint density at radius 3 is 2.55 bits per heavy atom. The zero-order valence-electron chi connectivity index (χ0n) is 10.7. The van der Waals surface area contributed by atoms with Gasteiger partial charge in [-0.1, -0.05) is 30.3 Å². The number of halogens is 1. The maximum atomic E-state index is 12.9. The molecule has 0 fully saturated rings. The van der Waals surface area contributed by atoms with Crippen LogP contribution in [-0.2, 0) is 6.42 Å². The highest BCUT2D eigenvalue weighted by Crippen LogP contribution is 2.18. The summed E-state index contributed by atoms with van der Waals surface area (Å²) in [6.45, 7) is 0. The Bertz CT molecular complexity index is 760. The highest BCUT2D eigenvalue weighted by molar-refractivity contribution is 6.07. The van der Waals surface area contributed by atoms with Crippen molar-refractivity contribution in [3.63, 3.8) is 0 Å². The number of nitrogens with zero attached hydrogens (tertiary/aromatic N) is 1. The minimum Gasteiger partial charge on any atom is -0.294 e. The number of pyridine rings is 1. The molecule has 0 aliphatic carbocycles. The molecule has 0 radical (unpaired) electrons. The van der Waals surface area contributed by atoms with Crippen LogP contribution in [0.4, 0.5) is 4.39 Å². The molecule has 0 atom stereocenters. The van der Waals surface area contributed by atoms with Crippen LogP contribution in [0.15, 0.2) is 60.8 Å². The number of aromatic nitrogens is 1. The maximum absolute atomic E-state index is 12.9. The van der Waals surface area contributed by atoms with Gasteiger partial charge in [-0.05, 0) is 29.8 Å². The normalized spacial score (nSPS) is 10.7. The van der Waals surface area contributed by atoms with Crippen molar-refractivity contribution in [2.24, 2.45) is 0 Å². The van der Waals surface area contributed by atoms with Crippen molar-refractivity contribution in [1.29, 1.82) is 0 Å². The lowest BCUT2D eigenvalue weighted by Gasteiger charge is -2.05. The average Bonchev–Trinajstić information content (AvgIpc) is 2.49. The number of carbonyl (C=O) groups excluding carboxylic acids is 1. The van der Waals surface area contributed by atoms with Gasteiger partial charge in [0.25, 0.3) is 0 Å². The van der Waals surface area contributed by atoms with Gasteiger partial charge in [-0.25, -0.2) is 4.39 Å². The average molecular weight is 265 g/mol. The third kappa shape index (κ3) is 2.43. The van der Waals surface area contributed by atoms with E-state index in [1.54, 1.807) is 24.4 Å². The van der Waals surface area contributed by atoms with Crippen LogP contribution in [-0.4, -0.2) is 10.8 Å². The second-order valence-electron chi connectivity index (χ2n) is 4.61. The van der Waals surface area contributed by atoms with Crippen molar-refractivity contribution in [2.45, 2.75) is 6.42 Å². The first-order valence-corrected chi connectivity index (χ1v) is 6.35. The second kappa shape index (κ2) is 5.21. The second-order valence-corrected chi connectivity index (χ2v) is 4.61. The van der Waals surface area contributed by atoms with Gasteiger partial charge in [-0.2, -0.15) is 0 Å². The Morgan fingerprint density at radius 1 is 1.00 bits per heavy atom. The van der Waals surface area contributed by atoms with Crippen molar-refractivity contribution in [1.82, 2.24) is 4.98 Å². The summed E-state index contributed by atoms with van der Waals surface area (Å²) in [6.07, 6.45) is 1.92. The number of rotatable bonds is 3. The number of hydrogen-bond acceptors (Lipinski definition) is 2. The maximum Gasteiger partial charge on any atom is 0.169 e. The summed E-state index contributed by atoms with van der Waals surface area (Å²) >= 11 is 0. The molecule has 0 saturated carbocycles. The Labute approximate surface area is 115 Å². The van der Waals surface area contributed by atoms with E-state index in [9.17, 15) is 9.18 Å². The van der Waals surface area contributed by atoms with Gasteiger partial charge in [0.2, 0.25) is 0 Å². The van der Waals surface area contributed by atoms with E-state index in [0.717, 1.165) is 10.9 Å². The molecule has 0 spiro atoms. The predicted molar refractivity (Wildman–Crippen MR) is 76.2 cm³/mol. The predicted octanol–water partition coefficient (Wildman–Crippen LogP) is 3.80. The van der Waals surface area contributed by atoms with Crippen molar-refractivity contribution >= 4 is 16.7 Å². The largest absolute Gasteiger partial charge is 0.294 e. The van der Waals surface area contributed by atoms with E-state index in [2.05, 4.69) is 4.98 Å². The molecule has 1 aromatic heterocycles. The Balaban J connectivity index is 1.94. The Morgan fingerprint density at radius 2 is 1.75 bits per heavy atom. The molecule has 0 bridgehead atoms. The van der Waals surface area contributed by atoms with Crippen LogP contribution in [0.5, 0.6) is 0 Å². The number of ketones is 1. The molecule has 20 heavy (non-hydrogen) atoms. The van der Waals surface area contributed by atoms with E-state index < -0.39 is 0 Å². The van der Waals surface area contributed by atoms with Crippen LogP contribution in [0, 0.1) is 5.82 Å². The molecular formula is C17H12FNO. The number of benzene rings is 2. The highest BCUT2D eigenvalue weighted by atomic mass is 19.1. The molecule has 1 heterocycles. The minimum absolute atomic E-state index is 0.0130. The zero-order chi connectivity index (χ0) is 13.9. The molecule has 0 N–H and O–H groups in total. The molecule has 0 amide bonds. The smallest absolute Gasteiger partial charge is 0.169 e. The molecule has 0 aliphatic rings. The third-order valence-corrected chi connectivity index (χ3v) is 3.21. The molecule has 0 saturated heterocycles. The van der Waals surface area contributed by atoms with Crippen LogP contribution in [0.2, 0.25) is 0 Å². The molecule has 98 valence electrons. The lowest BCUT2D eigenvalue weighted by atomic mass is 10.0. The fraction of sp³-hybridized carbons (Fsp3) is 0.0588. The quantitative estimate of drug-likeness (QED) is 0.674. The van der Waals surface area contributed by atoms with E-state index in [0.29, 0.717) is 11.1 Å². The lowest BCUT2D eigenvalue weighted by molar-refractivity contribution is 0.0994. The molecule has 2 aromatic carbocycles. The molecule has 2 nitrogen and oxygen atoms in total. The summed E-state index contributed by atoms with van der Waals surface area (Å²) in [6, 6.07) is 15.3. The number of fused-ring (bicyclic) bond motifs is 1. The van der Waals surface area contributed by atoms with Crippen molar-refractivity contribution < 1.29 is 9.18 Å². The summed E-state index contributed by atoms with van der Waals surface area (Å²) in [5, 5.41) is 0.942. The van der Waals surface area contributed by atoms with E-state index in [-0.39, 0.29) is 18.0 Å². The van der Waals surface area contributed by atoms with E-state index >= 15 is 0 Å². The molecule has 3 rings (SSSR count). The van der Waals surface area contributed by atoms with Crippen LogP contribution < -0.4 is 0 Å². The highest BCUT2D eigenvalue weighted by Gasteiger charge is 2.11. The Kier molecular flexibility index (Phi) is 3.25. The molecule has 3 aromatic rings. The van der Waals surface area contributed by atoms with Gasteiger partial charge in [0.1, 0.15) is 5.82 Å². The fourth-order valence-corrected chi connectivity index (χ4v) is 2.21. The van der Waals surface area contributed by atoms with Crippen LogP contribution in [0.25, 0.3) is 10.9 Å². The third-order valence-electron chi connectivity index (χ3n) is 3.21. The van der Waals surface area contributed by atoms with Crippen molar-refractivity contribution in [2.75, 3.05) is 0 Å². The van der Waals surface area contributed by atoms with Gasteiger partial charge in [-0.3, -0.25) is 9.78 Å². The van der Waals surface area contributed by atoms with E-state index in [4.69, 9.17) is 0 Å². The number of para-hydroxylation sites is 1. The Hall–Kier alpha value is -2.55. The monoisotopic (exact) mass is 265 g/mol. The van der Waals surface area contributed by atoms with E-state index in [1.807, 2.05) is 24.3 Å². The zero-order valence-corrected chi connectivity index (χ0v) is 10.7. The van der Waals surface area contributed by atoms with Gasteiger partial charge in [0.15, 0.2) is 5.78 Å². The first-order chi connectivity index (χ1) is 9.74. The molecular weight excluding hydrogens is 253 g/mol. The topological polar surface area (TPSA) is 30.0 Å². The summed E-state index contributed by atoms with van der Waals surface area (Å²) in [5.74, 6) is -0.311. The summed E-state index contributed by atoms with van der Waals surface area (Å²) in [4.78, 5) is 16.7. The standard InChI is InChI=1S/C17H12FNO/c18-14-8-6-12(7-9-14)11-16(20)15-5-1-3-13-4-2-10-19-17(13)15/h1-10H,11H2. The van der Waals surface area contributed by atoms with Gasteiger partial charge in [-0.15, -0.1) is 0 Å². The van der Waals surface area contributed by atoms with E-state index in [1.165, 1.54) is 12.1 Å². The van der Waals surface area contributed by atoms with Crippen LogP contribution >= 0.6 is 0 Å². The number of carbonyl (C=O) groups is 1. The van der Waals surface area contributed by atoms with Crippen molar-refractivity contribution in [3.8, 4) is 0 Å². The lowest BCUT2D eigenvalue weighted by Crippen LogP contribution is -2.05. The minimum atomic E-state index is -0.298. The summed E-state index contributed by atoms with van der Waals surface area (Å²) in [7, 11) is 0. The molecule has 0 unspecified atom stereocenters. The molecule has 3 heteroatoms. The summed E-state index contributed by atoms with van der Waals surface area (Å²) in [5.41, 5.74) is 2.11. The summed E-state index contributed by atoms with van der Waals surface area (Å²) < 4.78 is 12.9. The van der Waals surface area contributed by atoms with Crippen LogP contribution in [0.1, 0.15) is 15.9 Å². The molecule has 0 aliphatic heterocycles. The van der Waals surface area contributed by atoms with Gasteiger partial charge >= 0.3 is 0 Å². The first kappa shape index (κ1) is 12.5. The van der Waals surface area contributed by atoms with Crippen molar-refractivity contribution in [3.05, 3.63) is 77.7 Å². The SMILES string of the molecule is O=C(Cc1ccc(F)cc1)c1cccc2cccnc12. The first-order valence-electron chi connectivity index (χ1n) is 6.35. The fourth-order valence-electron chi connectivity index (χ4n) is 2.21. The van der Waals surface area contributed by atoms with Gasteiger partial charge in [0, 0.05) is 23.6 Å². The number of hydrogen-bond donors (Lipinski definition) is 0. The van der Waals surface area contributed by atoms with Crippen LogP contribution in [0.3, 0.4) is 0 Å².